The van der Waals surface area contributed by atoms with Crippen molar-refractivity contribution in [3.05, 3.63) is 157 Å². The molecule has 6 aromatic carbocycles. The highest BCUT2D eigenvalue weighted by Crippen LogP contribution is 2.43. The fourth-order valence-electron chi connectivity index (χ4n) is 6.38. The molecule has 0 radical (unpaired) electrons. The molecule has 0 unspecified atom stereocenters. The molecule has 0 spiro atoms. The van der Waals surface area contributed by atoms with E-state index in [4.69, 9.17) is 0 Å². The molecule has 3 aliphatic heterocycles. The topological polar surface area (TPSA) is 60.9 Å². The van der Waals surface area contributed by atoms with Gasteiger partial charge in [-0.3, -0.25) is 0 Å². The summed E-state index contributed by atoms with van der Waals surface area (Å²) in [7, 11) is 1.58. The molecule has 0 saturated carbocycles. The van der Waals surface area contributed by atoms with E-state index in [-0.39, 0.29) is 0 Å². The Bertz CT molecular complexity index is 2190. The van der Waals surface area contributed by atoms with Crippen molar-refractivity contribution in [2.24, 2.45) is 0 Å². The van der Waals surface area contributed by atoms with Gasteiger partial charge in [-0.05, 0) is 71.8 Å². The quantitative estimate of drug-likeness (QED) is 0.151. The van der Waals surface area contributed by atoms with Gasteiger partial charge < -0.3 is 14.7 Å². The first-order chi connectivity index (χ1) is 30.8. The highest BCUT2D eigenvalue weighted by atomic mass is 32.2. The van der Waals surface area contributed by atoms with Crippen LogP contribution in [-0.4, -0.2) is 33.8 Å². The van der Waals surface area contributed by atoms with Gasteiger partial charge in [-0.25, -0.2) is 12.6 Å². The zero-order valence-electron chi connectivity index (χ0n) is 41.4. The van der Waals surface area contributed by atoms with Crippen molar-refractivity contribution in [1.29, 1.82) is 0 Å². The molecular weight excluding hydrogens is 815 g/mol. The van der Waals surface area contributed by atoms with E-state index in [0.717, 1.165) is 32.5 Å². The van der Waals surface area contributed by atoms with E-state index in [0.29, 0.717) is 9.79 Å². The van der Waals surface area contributed by atoms with Crippen LogP contribution >= 0.6 is 0 Å². The second-order valence-corrected chi connectivity index (χ2v) is 15.1. The van der Waals surface area contributed by atoms with E-state index in [1.807, 2.05) is 189 Å². The molecule has 8 heteroatoms. The van der Waals surface area contributed by atoms with E-state index in [9.17, 15) is 12.6 Å². The predicted octanol–water partition coefficient (Wildman–Crippen LogP) is 16.7. The van der Waals surface area contributed by atoms with Crippen molar-refractivity contribution in [3.63, 3.8) is 0 Å². The first kappa shape index (κ1) is 57.6. The Morgan fingerprint density at radius 1 is 0.333 bits per heavy atom. The average molecular weight is 892 g/mol. The first-order valence-corrected chi connectivity index (χ1v) is 25.5. The van der Waals surface area contributed by atoms with Crippen LogP contribution in [0.25, 0.3) is 12.2 Å². The van der Waals surface area contributed by atoms with Crippen molar-refractivity contribution in [2.45, 2.75) is 117 Å². The van der Waals surface area contributed by atoms with Gasteiger partial charge in [-0.15, -0.1) is 0 Å². The molecule has 9 rings (SSSR count). The van der Waals surface area contributed by atoms with Crippen LogP contribution in [0.5, 0.6) is 0 Å². The Kier molecular flexibility index (Phi) is 28.7. The largest absolute Gasteiger partial charge is 0.344 e. The smallest absolute Gasteiger partial charge is 0.210 e. The lowest BCUT2D eigenvalue weighted by Crippen LogP contribution is -2.21. The number of sulfone groups is 1. The summed E-state index contributed by atoms with van der Waals surface area (Å²) < 4.78 is 37.2. The van der Waals surface area contributed by atoms with Gasteiger partial charge in [0, 0.05) is 32.5 Å². The third kappa shape index (κ3) is 14.0. The van der Waals surface area contributed by atoms with Crippen LogP contribution in [0.2, 0.25) is 0 Å². The third-order valence-electron chi connectivity index (χ3n) is 8.92. The Hall–Kier alpha value is -5.44. The van der Waals surface area contributed by atoms with Gasteiger partial charge in [0.1, 0.15) is 0 Å². The fraction of sp³-hybridized carbons (Fsp3) is 0.309. The standard InChI is InChI=1S/C15H13N.C13H11NO2S.C13H11NOS.7C2H6/c1-16-14-8-4-2-6-12(14)10-11-13-7-3-5-9-15(13)16;1-14-10-6-2-4-8-12(10)17(15,16)13-9-5-3-7-11(13)14;1-14-10-6-2-4-8-12(10)16(15)13-9-5-3-7-11(13)14;7*1-2/h2-11H,1H3;2-9H,1H3;2-9H,1H3;7*1-2H3. The summed E-state index contributed by atoms with van der Waals surface area (Å²) >= 11 is 0. The highest BCUT2D eigenvalue weighted by molar-refractivity contribution is 7.92. The molecule has 6 aromatic rings. The van der Waals surface area contributed by atoms with Crippen LogP contribution in [0.3, 0.4) is 0 Å². The van der Waals surface area contributed by atoms with Crippen molar-refractivity contribution >= 4 is 66.9 Å². The molecule has 6 nitrogen and oxygen atoms in total. The fourth-order valence-corrected chi connectivity index (χ4v) is 9.52. The van der Waals surface area contributed by atoms with E-state index in [2.05, 4.69) is 77.5 Å². The number of fused-ring (bicyclic) bond motifs is 6. The SMILES string of the molecule is CC.CC.CC.CC.CC.CC.CC.CN1c2ccccc2C=Cc2ccccc21.CN1c2ccccc2S(=O)(=O)c2ccccc21.CN1c2ccccc2S(=O)c2ccccc21. The number of rotatable bonds is 0. The molecule has 0 aliphatic carbocycles. The second kappa shape index (κ2) is 31.4. The molecule has 3 aliphatic rings. The Morgan fingerprint density at radius 2 is 0.571 bits per heavy atom. The Morgan fingerprint density at radius 3 is 0.921 bits per heavy atom. The van der Waals surface area contributed by atoms with Gasteiger partial charge in [0.05, 0.1) is 53.1 Å². The second-order valence-electron chi connectivity index (χ2n) is 11.8. The number of para-hydroxylation sites is 6. The summed E-state index contributed by atoms with van der Waals surface area (Å²) in [5.41, 5.74) is 8.55. The molecule has 0 saturated heterocycles. The van der Waals surface area contributed by atoms with Gasteiger partial charge in [-0.1, -0.05) is 194 Å². The monoisotopic (exact) mass is 892 g/mol. The number of hydrogen-bond donors (Lipinski definition) is 0. The summed E-state index contributed by atoms with van der Waals surface area (Å²) in [4.78, 5) is 8.78. The predicted molar refractivity (Wildman–Crippen MR) is 281 cm³/mol. The van der Waals surface area contributed by atoms with Gasteiger partial charge in [0.25, 0.3) is 0 Å². The van der Waals surface area contributed by atoms with Crippen LogP contribution in [-0.2, 0) is 20.6 Å². The molecule has 3 heterocycles. The summed E-state index contributed by atoms with van der Waals surface area (Å²) in [5.74, 6) is 0. The lowest BCUT2D eigenvalue weighted by atomic mass is 10.1. The molecule has 0 aromatic heterocycles. The molecule has 0 N–H and O–H groups in total. The number of benzene rings is 6. The van der Waals surface area contributed by atoms with Gasteiger partial charge in [-0.2, -0.15) is 0 Å². The zero-order valence-corrected chi connectivity index (χ0v) is 43.0. The molecule has 0 atom stereocenters. The highest BCUT2D eigenvalue weighted by Gasteiger charge is 2.31. The zero-order chi connectivity index (χ0) is 48.1. The first-order valence-electron chi connectivity index (χ1n) is 22.9. The van der Waals surface area contributed by atoms with E-state index >= 15 is 0 Å². The molecular formula is C55H77N3O3S2. The van der Waals surface area contributed by atoms with E-state index < -0.39 is 20.6 Å². The van der Waals surface area contributed by atoms with Crippen LogP contribution in [0.15, 0.2) is 165 Å². The molecule has 0 amide bonds. The molecule has 63 heavy (non-hydrogen) atoms. The third-order valence-corrected chi connectivity index (χ3v) is 12.3. The van der Waals surface area contributed by atoms with E-state index in [1.165, 1.54) is 22.5 Å². The lowest BCUT2D eigenvalue weighted by Gasteiger charge is -2.29. The van der Waals surface area contributed by atoms with Crippen molar-refractivity contribution in [1.82, 2.24) is 0 Å². The Balaban J connectivity index is 0.000000802. The number of nitrogens with zero attached hydrogens (tertiary/aromatic N) is 3. The lowest BCUT2D eigenvalue weighted by molar-refractivity contribution is 0.594. The van der Waals surface area contributed by atoms with Crippen molar-refractivity contribution in [2.75, 3.05) is 35.8 Å². The minimum atomic E-state index is -3.38. The summed E-state index contributed by atoms with van der Waals surface area (Å²) in [6, 6.07) is 46.7. The summed E-state index contributed by atoms with van der Waals surface area (Å²) in [6.45, 7) is 28.0. The summed E-state index contributed by atoms with van der Waals surface area (Å²) in [5, 5.41) is 0. The van der Waals surface area contributed by atoms with Gasteiger partial charge >= 0.3 is 0 Å². The Labute approximate surface area is 386 Å². The summed E-state index contributed by atoms with van der Waals surface area (Å²) in [6.07, 6.45) is 4.36. The molecule has 342 valence electrons. The van der Waals surface area contributed by atoms with Crippen LogP contribution < -0.4 is 14.7 Å². The number of hydrogen-bond acceptors (Lipinski definition) is 6. The molecule has 0 bridgehead atoms. The van der Waals surface area contributed by atoms with Crippen molar-refractivity contribution in [3.8, 4) is 0 Å². The van der Waals surface area contributed by atoms with Crippen LogP contribution in [0, 0.1) is 0 Å². The minimum absolute atomic E-state index is 0.376. The van der Waals surface area contributed by atoms with Crippen molar-refractivity contribution < 1.29 is 12.6 Å². The van der Waals surface area contributed by atoms with Gasteiger partial charge in [0.2, 0.25) is 9.84 Å². The van der Waals surface area contributed by atoms with Crippen LogP contribution in [0.4, 0.5) is 34.1 Å². The maximum Gasteiger partial charge on any atom is 0.210 e. The molecule has 0 fully saturated rings. The van der Waals surface area contributed by atoms with E-state index in [1.54, 1.807) is 24.3 Å². The average Bonchev–Trinajstić information content (AvgIpc) is 3.53. The van der Waals surface area contributed by atoms with Gasteiger partial charge in [0.15, 0.2) is 0 Å². The van der Waals surface area contributed by atoms with Crippen LogP contribution in [0.1, 0.15) is 108 Å². The minimum Gasteiger partial charge on any atom is -0.344 e. The normalized spacial score (nSPS) is 12.0. The maximum atomic E-state index is 12.4. The maximum absolute atomic E-state index is 12.4. The number of anilines is 6.